The minimum absolute atomic E-state index is 0.680. The topological polar surface area (TPSA) is 63.3 Å². The molecule has 9 heavy (non-hydrogen) atoms. The van der Waals surface area contributed by atoms with Crippen molar-refractivity contribution in [3.63, 3.8) is 0 Å². The first-order chi connectivity index (χ1) is 4.18. The smallest absolute Gasteiger partial charge is 0.324 e. The van der Waals surface area contributed by atoms with Gasteiger partial charge in [-0.3, -0.25) is 4.79 Å². The highest BCUT2D eigenvalue weighted by molar-refractivity contribution is 5.75. The van der Waals surface area contributed by atoms with E-state index in [0.717, 1.165) is 12.2 Å². The summed E-state index contributed by atoms with van der Waals surface area (Å²) in [6, 6.07) is -1.08. The maximum Gasteiger partial charge on any atom is 0.324 e. The van der Waals surface area contributed by atoms with Gasteiger partial charge in [0, 0.05) is 0 Å². The van der Waals surface area contributed by atoms with Crippen LogP contribution in [0, 0.1) is 0 Å². The second kappa shape index (κ2) is 4.03. The van der Waals surface area contributed by atoms with Crippen LogP contribution in [0.15, 0.2) is 12.2 Å². The lowest BCUT2D eigenvalue weighted by Gasteiger charge is -1.94. The number of alkyl halides is 1. The van der Waals surface area contributed by atoms with Crippen molar-refractivity contribution in [2.75, 3.05) is 6.67 Å². The quantitative estimate of drug-likeness (QED) is 0.529. The van der Waals surface area contributed by atoms with Crippen LogP contribution >= 0.6 is 0 Å². The molecule has 0 heterocycles. The number of halogens is 1. The maximum atomic E-state index is 11.3. The van der Waals surface area contributed by atoms with Crippen LogP contribution in [-0.2, 0) is 4.79 Å². The minimum atomic E-state index is -1.15. The summed E-state index contributed by atoms with van der Waals surface area (Å²) < 4.78 is 11.3. The summed E-state index contributed by atoms with van der Waals surface area (Å²) >= 11 is 0. The van der Waals surface area contributed by atoms with Gasteiger partial charge in [-0.05, 0) is 0 Å². The predicted molar refractivity (Wildman–Crippen MR) is 30.7 cm³/mol. The average molecular weight is 133 g/mol. The molecule has 0 aromatic heterocycles. The highest BCUT2D eigenvalue weighted by Gasteiger charge is 2.04. The summed E-state index contributed by atoms with van der Waals surface area (Å²) in [6.45, 7) is -0.680. The van der Waals surface area contributed by atoms with Crippen LogP contribution in [0.5, 0.6) is 0 Å². The third kappa shape index (κ3) is 3.66. The van der Waals surface area contributed by atoms with Crippen molar-refractivity contribution in [1.82, 2.24) is 0 Å². The molecule has 0 aliphatic rings. The van der Waals surface area contributed by atoms with Gasteiger partial charge in [-0.2, -0.15) is 0 Å². The lowest BCUT2D eigenvalue weighted by molar-refractivity contribution is -0.137. The SMILES string of the molecule is N[C@@H](/C=C/CF)C(=O)O. The number of hydrogen-bond donors (Lipinski definition) is 2. The van der Waals surface area contributed by atoms with E-state index >= 15 is 0 Å². The van der Waals surface area contributed by atoms with E-state index in [-0.39, 0.29) is 0 Å². The average Bonchev–Trinajstić information content (AvgIpc) is 1.82. The van der Waals surface area contributed by atoms with E-state index in [4.69, 9.17) is 10.8 Å². The zero-order valence-corrected chi connectivity index (χ0v) is 4.75. The Kier molecular flexibility index (Phi) is 3.62. The van der Waals surface area contributed by atoms with Gasteiger partial charge in [-0.1, -0.05) is 12.2 Å². The molecule has 3 nitrogen and oxygen atoms in total. The molecule has 0 unspecified atom stereocenters. The highest BCUT2D eigenvalue weighted by atomic mass is 19.1. The van der Waals surface area contributed by atoms with E-state index in [1.807, 2.05) is 0 Å². The zero-order chi connectivity index (χ0) is 7.28. The molecule has 0 fully saturated rings. The molecule has 0 bridgehead atoms. The lowest BCUT2D eigenvalue weighted by atomic mass is 10.3. The van der Waals surface area contributed by atoms with Gasteiger partial charge in [0.05, 0.1) is 0 Å². The Balaban J connectivity index is 3.62. The van der Waals surface area contributed by atoms with E-state index in [1.165, 1.54) is 0 Å². The predicted octanol–water partition coefficient (Wildman–Crippen LogP) is -0.0760. The molecule has 3 N–H and O–H groups in total. The molecular weight excluding hydrogens is 125 g/mol. The van der Waals surface area contributed by atoms with Crippen LogP contribution in [0.4, 0.5) is 4.39 Å². The number of aliphatic carboxylic acids is 1. The maximum absolute atomic E-state index is 11.3. The van der Waals surface area contributed by atoms with Crippen molar-refractivity contribution in [3.05, 3.63) is 12.2 Å². The molecule has 0 aliphatic heterocycles. The lowest BCUT2D eigenvalue weighted by Crippen LogP contribution is -2.27. The Morgan fingerprint density at radius 3 is 2.78 bits per heavy atom. The molecule has 0 aliphatic carbocycles. The summed E-state index contributed by atoms with van der Waals surface area (Å²) in [5, 5.41) is 8.11. The molecule has 0 radical (unpaired) electrons. The van der Waals surface area contributed by atoms with Gasteiger partial charge in [-0.25, -0.2) is 4.39 Å². The summed E-state index contributed by atoms with van der Waals surface area (Å²) in [6.07, 6.45) is 2.17. The second-order valence-electron chi connectivity index (χ2n) is 1.45. The largest absolute Gasteiger partial charge is 0.480 e. The number of allylic oxidation sites excluding steroid dienone is 1. The molecular formula is C5H8FNO2. The molecule has 0 amide bonds. The first-order valence-electron chi connectivity index (χ1n) is 2.39. The van der Waals surface area contributed by atoms with Crippen molar-refractivity contribution >= 4 is 5.97 Å². The number of nitrogens with two attached hydrogens (primary N) is 1. The first kappa shape index (κ1) is 8.10. The number of carboxylic acids is 1. The van der Waals surface area contributed by atoms with E-state index in [9.17, 15) is 9.18 Å². The fraction of sp³-hybridized carbons (Fsp3) is 0.400. The Morgan fingerprint density at radius 1 is 1.89 bits per heavy atom. The fourth-order valence-electron chi connectivity index (χ4n) is 0.280. The van der Waals surface area contributed by atoms with Gasteiger partial charge in [0.15, 0.2) is 0 Å². The minimum Gasteiger partial charge on any atom is -0.480 e. The first-order valence-corrected chi connectivity index (χ1v) is 2.39. The van der Waals surface area contributed by atoms with Gasteiger partial charge >= 0.3 is 5.97 Å². The van der Waals surface area contributed by atoms with Crippen molar-refractivity contribution in [3.8, 4) is 0 Å². The fourth-order valence-corrected chi connectivity index (χ4v) is 0.280. The van der Waals surface area contributed by atoms with Gasteiger partial charge in [0.1, 0.15) is 12.7 Å². The summed E-state index contributed by atoms with van der Waals surface area (Å²) in [7, 11) is 0. The third-order valence-electron chi connectivity index (χ3n) is 0.718. The third-order valence-corrected chi connectivity index (χ3v) is 0.718. The number of carboxylic acid groups (broad SMARTS) is 1. The molecule has 0 rings (SSSR count). The van der Waals surface area contributed by atoms with Gasteiger partial charge in [-0.15, -0.1) is 0 Å². The van der Waals surface area contributed by atoms with Crippen LogP contribution in [0.2, 0.25) is 0 Å². The van der Waals surface area contributed by atoms with Gasteiger partial charge in [0.2, 0.25) is 0 Å². The van der Waals surface area contributed by atoms with E-state index in [0.29, 0.717) is 0 Å². The molecule has 0 saturated heterocycles. The van der Waals surface area contributed by atoms with E-state index in [1.54, 1.807) is 0 Å². The Morgan fingerprint density at radius 2 is 2.44 bits per heavy atom. The van der Waals surface area contributed by atoms with Crippen LogP contribution in [0.25, 0.3) is 0 Å². The number of hydrogen-bond acceptors (Lipinski definition) is 2. The summed E-state index contributed by atoms with van der Waals surface area (Å²) in [5.41, 5.74) is 4.95. The highest BCUT2D eigenvalue weighted by Crippen LogP contribution is 1.81. The van der Waals surface area contributed by atoms with Gasteiger partial charge in [0.25, 0.3) is 0 Å². The van der Waals surface area contributed by atoms with Crippen molar-refractivity contribution < 1.29 is 14.3 Å². The standard InChI is InChI=1S/C5H8FNO2/c6-3-1-2-4(7)5(8)9/h1-2,4H,3,7H2,(H,8,9)/b2-1+/t4-/m0/s1. The van der Waals surface area contributed by atoms with Crippen LogP contribution < -0.4 is 5.73 Å². The molecule has 0 aromatic rings. The van der Waals surface area contributed by atoms with Gasteiger partial charge < -0.3 is 10.8 Å². The van der Waals surface area contributed by atoms with Crippen LogP contribution in [-0.4, -0.2) is 23.8 Å². The van der Waals surface area contributed by atoms with E-state index in [2.05, 4.69) is 0 Å². The second-order valence-corrected chi connectivity index (χ2v) is 1.45. The van der Waals surface area contributed by atoms with Crippen molar-refractivity contribution in [2.45, 2.75) is 6.04 Å². The molecule has 0 saturated carbocycles. The Bertz CT molecular complexity index is 124. The van der Waals surface area contributed by atoms with Crippen molar-refractivity contribution in [2.24, 2.45) is 5.73 Å². The molecule has 1 atom stereocenters. The summed E-state index contributed by atoms with van der Waals surface area (Å²) in [4.78, 5) is 9.91. The number of rotatable bonds is 3. The monoisotopic (exact) mass is 133 g/mol. The van der Waals surface area contributed by atoms with E-state index < -0.39 is 18.7 Å². The molecule has 0 spiro atoms. The van der Waals surface area contributed by atoms with Crippen LogP contribution in [0.1, 0.15) is 0 Å². The Hall–Kier alpha value is -0.900. The van der Waals surface area contributed by atoms with Crippen molar-refractivity contribution in [1.29, 1.82) is 0 Å². The zero-order valence-electron chi connectivity index (χ0n) is 4.75. The summed E-state index contributed by atoms with van der Waals surface area (Å²) in [5.74, 6) is -1.15. The number of carbonyl (C=O) groups is 1. The normalized spacial score (nSPS) is 14.0. The van der Waals surface area contributed by atoms with Crippen LogP contribution in [0.3, 0.4) is 0 Å². The molecule has 4 heteroatoms. The Labute approximate surface area is 52.0 Å². The molecule has 0 aromatic carbocycles. The molecule has 52 valence electrons.